The number of benzene rings is 4. The minimum atomic E-state index is -4.41. The molecule has 4 aromatic carbocycles. The molecule has 258 valence electrons. The largest absolute Gasteiger partial charge is 0.417 e. The summed E-state index contributed by atoms with van der Waals surface area (Å²) in [5.41, 5.74) is 2.91. The fraction of sp³-hybridized carbons (Fsp3) is 0.297. The maximum atomic E-state index is 13.3. The molecule has 48 heavy (non-hydrogen) atoms. The Bertz CT molecular complexity index is 1640. The van der Waals surface area contributed by atoms with E-state index < -0.39 is 29.3 Å². The molecule has 0 N–H and O–H groups in total. The van der Waals surface area contributed by atoms with E-state index >= 15 is 0 Å². The summed E-state index contributed by atoms with van der Waals surface area (Å²) in [5, 5.41) is 0. The number of hydrogen-bond acceptors (Lipinski definition) is 3. The monoisotopic (exact) mass is 755 g/mol. The van der Waals surface area contributed by atoms with E-state index in [0.717, 1.165) is 52.8 Å². The highest BCUT2D eigenvalue weighted by atomic mass is 79.9. The first kappa shape index (κ1) is 39.3. The molecule has 0 fully saturated rings. The third kappa shape index (κ3) is 10.4. The molecule has 0 aromatic heterocycles. The molecular formula is C37H37BrClF6NO2. The molecule has 0 amide bonds. The maximum Gasteiger partial charge on any atom is 0.417 e. The van der Waals surface area contributed by atoms with E-state index in [9.17, 15) is 26.3 Å². The normalized spacial score (nSPS) is 14.0. The van der Waals surface area contributed by atoms with Gasteiger partial charge in [-0.25, -0.2) is 0 Å². The second kappa shape index (κ2) is 17.0. The minimum Gasteiger partial charge on any atom is -0.349 e. The quantitative estimate of drug-likeness (QED) is 0.132. The molecule has 0 aliphatic carbocycles. The molecule has 0 atom stereocenters. The second-order valence-corrected chi connectivity index (χ2v) is 12.1. The topological polar surface area (TPSA) is 21.7 Å². The van der Waals surface area contributed by atoms with Crippen molar-refractivity contribution in [2.24, 2.45) is 0 Å². The van der Waals surface area contributed by atoms with E-state index in [2.05, 4.69) is 20.8 Å². The van der Waals surface area contributed by atoms with Gasteiger partial charge >= 0.3 is 12.4 Å². The Kier molecular flexibility index (Phi) is 13.9. The van der Waals surface area contributed by atoms with Crippen LogP contribution in [0.15, 0.2) is 108 Å². The number of alkyl halides is 6. The fourth-order valence-electron chi connectivity index (χ4n) is 5.26. The van der Waals surface area contributed by atoms with Gasteiger partial charge in [0.05, 0.1) is 11.1 Å². The van der Waals surface area contributed by atoms with Gasteiger partial charge in [-0.2, -0.15) is 26.3 Å². The zero-order valence-corrected chi connectivity index (χ0v) is 29.1. The Morgan fingerprint density at radius 1 is 0.729 bits per heavy atom. The Morgan fingerprint density at radius 2 is 1.38 bits per heavy atom. The van der Waals surface area contributed by atoms with Crippen molar-refractivity contribution in [3.05, 3.63) is 135 Å². The molecular weight excluding hydrogens is 720 g/mol. The van der Waals surface area contributed by atoms with E-state index in [0.29, 0.717) is 24.1 Å². The second-order valence-electron chi connectivity index (χ2n) is 11.2. The lowest BCUT2D eigenvalue weighted by molar-refractivity contribution is -0.201. The summed E-state index contributed by atoms with van der Waals surface area (Å²) in [6.45, 7) is 4.02. The van der Waals surface area contributed by atoms with E-state index in [1.807, 2.05) is 49.4 Å². The summed E-state index contributed by atoms with van der Waals surface area (Å²) < 4.78 is 90.4. The lowest BCUT2D eigenvalue weighted by atomic mass is 9.97. The van der Waals surface area contributed by atoms with Crippen LogP contribution in [0, 0.1) is 0 Å². The first-order valence-electron chi connectivity index (χ1n) is 14.9. The number of rotatable bonds is 8. The lowest BCUT2D eigenvalue weighted by Crippen LogP contribution is -2.30. The highest BCUT2D eigenvalue weighted by molar-refractivity contribution is 9.10. The predicted octanol–water partition coefficient (Wildman–Crippen LogP) is 11.1. The van der Waals surface area contributed by atoms with Crippen molar-refractivity contribution in [3.8, 4) is 11.1 Å². The molecule has 1 heterocycles. The van der Waals surface area contributed by atoms with E-state index in [-0.39, 0.29) is 18.0 Å². The number of hydrogen-bond donors (Lipinski definition) is 0. The summed E-state index contributed by atoms with van der Waals surface area (Å²) in [7, 11) is 3.26. The Morgan fingerprint density at radius 3 is 1.94 bits per heavy atom. The highest BCUT2D eigenvalue weighted by Gasteiger charge is 2.33. The molecule has 0 unspecified atom stereocenters. The number of ether oxygens (including phenoxy) is 2. The van der Waals surface area contributed by atoms with Crippen LogP contribution >= 0.6 is 28.3 Å². The van der Waals surface area contributed by atoms with Gasteiger partial charge in [0.15, 0.2) is 5.79 Å². The summed E-state index contributed by atoms with van der Waals surface area (Å²) >= 11 is 3.37. The molecule has 0 radical (unpaired) electrons. The highest BCUT2D eigenvalue weighted by Crippen LogP contribution is 2.37. The molecule has 1 aliphatic rings. The molecule has 0 saturated carbocycles. The van der Waals surface area contributed by atoms with Gasteiger partial charge in [0.2, 0.25) is 0 Å². The van der Waals surface area contributed by atoms with Crippen molar-refractivity contribution < 1.29 is 35.8 Å². The van der Waals surface area contributed by atoms with E-state index in [1.165, 1.54) is 24.3 Å². The average molecular weight is 757 g/mol. The third-order valence-corrected chi connectivity index (χ3v) is 8.74. The van der Waals surface area contributed by atoms with Gasteiger partial charge in [0.25, 0.3) is 0 Å². The zero-order chi connectivity index (χ0) is 34.2. The van der Waals surface area contributed by atoms with Crippen molar-refractivity contribution in [2.45, 2.75) is 37.9 Å². The molecule has 0 spiro atoms. The fourth-order valence-corrected chi connectivity index (χ4v) is 5.53. The molecule has 0 saturated heterocycles. The summed E-state index contributed by atoms with van der Waals surface area (Å²) in [6.07, 6.45) is -5.41. The van der Waals surface area contributed by atoms with Gasteiger partial charge < -0.3 is 9.47 Å². The van der Waals surface area contributed by atoms with Crippen LogP contribution in [0.3, 0.4) is 0 Å². The standard InChI is InChI=1S/C27H23F6N.C10H13BrO2.ClH/c28-26(29,30)23-5-3-4-22(18-23)20-13-16-34(17-14-20)15-12-19-8-10-21(11-9-19)24-6-1-2-7-25(24)27(31,32)33;1-10(12-2,13-3)8-4-6-9(11)7-5-8;/h1-11,13,18H,12,14-17H2;4-7H,1-3H3;1H. The summed E-state index contributed by atoms with van der Waals surface area (Å²) in [6, 6.07) is 25.9. The van der Waals surface area contributed by atoms with Crippen molar-refractivity contribution in [2.75, 3.05) is 33.9 Å². The van der Waals surface area contributed by atoms with Crippen molar-refractivity contribution >= 4 is 33.9 Å². The van der Waals surface area contributed by atoms with Crippen LogP contribution in [0.2, 0.25) is 0 Å². The van der Waals surface area contributed by atoms with Crippen LogP contribution in [0.5, 0.6) is 0 Å². The van der Waals surface area contributed by atoms with Crippen LogP contribution < -0.4 is 0 Å². The third-order valence-electron chi connectivity index (χ3n) is 8.22. The van der Waals surface area contributed by atoms with Gasteiger partial charge in [0, 0.05) is 43.9 Å². The smallest absolute Gasteiger partial charge is 0.349 e. The lowest BCUT2D eigenvalue weighted by Gasteiger charge is -2.26. The predicted molar refractivity (Wildman–Crippen MR) is 184 cm³/mol. The molecule has 4 aromatic rings. The number of methoxy groups -OCH3 is 2. The average Bonchev–Trinajstić information content (AvgIpc) is 3.07. The van der Waals surface area contributed by atoms with Crippen molar-refractivity contribution in [1.29, 1.82) is 0 Å². The van der Waals surface area contributed by atoms with Gasteiger partial charge in [-0.05, 0) is 77.9 Å². The molecule has 5 rings (SSSR count). The van der Waals surface area contributed by atoms with Gasteiger partial charge in [-0.1, -0.05) is 88.7 Å². The Labute approximate surface area is 292 Å². The van der Waals surface area contributed by atoms with Gasteiger partial charge in [0.1, 0.15) is 0 Å². The number of nitrogens with zero attached hydrogens (tertiary/aromatic N) is 1. The van der Waals surface area contributed by atoms with Gasteiger partial charge in [-0.15, -0.1) is 12.4 Å². The zero-order valence-electron chi connectivity index (χ0n) is 26.7. The molecule has 0 bridgehead atoms. The Balaban J connectivity index is 0.000000377. The van der Waals surface area contributed by atoms with Crippen LogP contribution in [-0.2, 0) is 34.0 Å². The molecule has 1 aliphatic heterocycles. The van der Waals surface area contributed by atoms with Gasteiger partial charge in [-0.3, -0.25) is 4.90 Å². The first-order chi connectivity index (χ1) is 22.2. The van der Waals surface area contributed by atoms with E-state index in [1.54, 1.807) is 38.5 Å². The SMILES string of the molecule is COC(C)(OC)c1ccc(Br)cc1.Cl.FC(F)(F)c1cccc(C2=CCN(CCc3ccc(-c4ccccc4C(F)(F)F)cc3)CC2)c1. The van der Waals surface area contributed by atoms with Crippen LogP contribution in [-0.4, -0.2) is 38.8 Å². The first-order valence-corrected chi connectivity index (χ1v) is 15.7. The summed E-state index contributed by atoms with van der Waals surface area (Å²) in [4.78, 5) is 2.21. The van der Waals surface area contributed by atoms with Crippen molar-refractivity contribution in [3.63, 3.8) is 0 Å². The summed E-state index contributed by atoms with van der Waals surface area (Å²) in [5.74, 6) is -0.652. The molecule has 11 heteroatoms. The maximum absolute atomic E-state index is 13.3. The van der Waals surface area contributed by atoms with Crippen LogP contribution in [0.1, 0.15) is 41.2 Å². The van der Waals surface area contributed by atoms with Crippen LogP contribution in [0.4, 0.5) is 26.3 Å². The Hall–Kier alpha value is -3.15. The number of halogens is 8. The molecule has 3 nitrogen and oxygen atoms in total. The van der Waals surface area contributed by atoms with Crippen LogP contribution in [0.25, 0.3) is 16.7 Å². The van der Waals surface area contributed by atoms with E-state index in [4.69, 9.17) is 9.47 Å². The minimum absolute atomic E-state index is 0. The van der Waals surface area contributed by atoms with Crippen molar-refractivity contribution in [1.82, 2.24) is 4.90 Å².